The van der Waals surface area contributed by atoms with E-state index >= 15 is 0 Å². The highest BCUT2D eigenvalue weighted by Gasteiger charge is 2.34. The average Bonchev–Trinajstić information content (AvgIpc) is 2.23. The summed E-state index contributed by atoms with van der Waals surface area (Å²) in [4.78, 5) is 18.7. The number of rotatable bonds is 4. The number of hydrogen-bond donors (Lipinski definition) is 3. The number of nitrogens with one attached hydrogen (secondary N) is 1. The Labute approximate surface area is 98.7 Å². The van der Waals surface area contributed by atoms with Gasteiger partial charge in [-0.1, -0.05) is 0 Å². The molecule has 0 bridgehead atoms. The van der Waals surface area contributed by atoms with Crippen LogP contribution in [0.5, 0.6) is 0 Å². The van der Waals surface area contributed by atoms with Crippen LogP contribution in [0.4, 0.5) is 5.95 Å². The SMILES string of the molecule is Cc1nc(NCC2(O)CCC2)ncc1C(=O)O. The van der Waals surface area contributed by atoms with Crippen molar-refractivity contribution in [2.75, 3.05) is 11.9 Å². The van der Waals surface area contributed by atoms with Gasteiger partial charge in [-0.2, -0.15) is 0 Å². The molecule has 1 heterocycles. The zero-order chi connectivity index (χ0) is 12.5. The molecule has 0 spiro atoms. The molecule has 1 aromatic heterocycles. The zero-order valence-electron chi connectivity index (χ0n) is 9.60. The third kappa shape index (κ3) is 2.52. The van der Waals surface area contributed by atoms with Crippen LogP contribution in [0, 0.1) is 6.92 Å². The van der Waals surface area contributed by atoms with E-state index in [1.807, 2.05) is 0 Å². The minimum Gasteiger partial charge on any atom is -0.478 e. The molecule has 3 N–H and O–H groups in total. The lowest BCUT2D eigenvalue weighted by molar-refractivity contribution is -0.0203. The molecule has 0 unspecified atom stereocenters. The Hall–Kier alpha value is -1.69. The van der Waals surface area contributed by atoms with Gasteiger partial charge in [0.25, 0.3) is 0 Å². The van der Waals surface area contributed by atoms with Crippen LogP contribution >= 0.6 is 0 Å². The van der Waals surface area contributed by atoms with Gasteiger partial charge >= 0.3 is 5.97 Å². The Morgan fingerprint density at radius 1 is 1.59 bits per heavy atom. The smallest absolute Gasteiger partial charge is 0.339 e. The molecular formula is C11H15N3O3. The van der Waals surface area contributed by atoms with Crippen molar-refractivity contribution < 1.29 is 15.0 Å². The summed E-state index contributed by atoms with van der Waals surface area (Å²) in [6, 6.07) is 0. The maximum atomic E-state index is 10.8. The standard InChI is InChI=1S/C11H15N3O3/c1-7-8(9(15)16)5-12-10(14-7)13-6-11(17)3-2-4-11/h5,17H,2-4,6H2,1H3,(H,15,16)(H,12,13,14). The van der Waals surface area contributed by atoms with Crippen molar-refractivity contribution in [2.24, 2.45) is 0 Å². The van der Waals surface area contributed by atoms with Gasteiger partial charge in [-0.05, 0) is 26.2 Å². The van der Waals surface area contributed by atoms with E-state index in [2.05, 4.69) is 15.3 Å². The fourth-order valence-corrected chi connectivity index (χ4v) is 1.77. The number of carbonyl (C=O) groups is 1. The molecule has 92 valence electrons. The van der Waals surface area contributed by atoms with Gasteiger partial charge in [-0.15, -0.1) is 0 Å². The molecular weight excluding hydrogens is 222 g/mol. The molecule has 17 heavy (non-hydrogen) atoms. The first-order valence-corrected chi connectivity index (χ1v) is 5.53. The third-order valence-electron chi connectivity index (χ3n) is 3.07. The number of aryl methyl sites for hydroxylation is 1. The van der Waals surface area contributed by atoms with Gasteiger partial charge in [0.1, 0.15) is 0 Å². The number of anilines is 1. The van der Waals surface area contributed by atoms with Crippen molar-refractivity contribution in [1.29, 1.82) is 0 Å². The molecule has 6 nitrogen and oxygen atoms in total. The van der Waals surface area contributed by atoms with Crippen LogP contribution in [-0.2, 0) is 0 Å². The lowest BCUT2D eigenvalue weighted by Crippen LogP contribution is -2.43. The molecule has 1 fully saturated rings. The van der Waals surface area contributed by atoms with Crippen LogP contribution in [0.25, 0.3) is 0 Å². The maximum absolute atomic E-state index is 10.8. The molecule has 0 saturated heterocycles. The minimum atomic E-state index is -1.04. The topological polar surface area (TPSA) is 95.3 Å². The second kappa shape index (κ2) is 4.29. The van der Waals surface area contributed by atoms with E-state index in [4.69, 9.17) is 5.11 Å². The lowest BCUT2D eigenvalue weighted by atomic mass is 9.80. The van der Waals surface area contributed by atoms with E-state index in [9.17, 15) is 9.90 Å². The van der Waals surface area contributed by atoms with Gasteiger partial charge in [0, 0.05) is 12.7 Å². The van der Waals surface area contributed by atoms with E-state index in [0.717, 1.165) is 19.3 Å². The van der Waals surface area contributed by atoms with Crippen molar-refractivity contribution in [3.8, 4) is 0 Å². The number of aromatic carboxylic acids is 1. The van der Waals surface area contributed by atoms with Gasteiger partial charge in [0.2, 0.25) is 5.95 Å². The number of carboxylic acids is 1. The summed E-state index contributed by atoms with van der Waals surface area (Å²) < 4.78 is 0. The van der Waals surface area contributed by atoms with Crippen LogP contribution in [0.15, 0.2) is 6.20 Å². The Bertz CT molecular complexity index is 444. The molecule has 0 aromatic carbocycles. The van der Waals surface area contributed by atoms with Gasteiger partial charge in [0.05, 0.1) is 16.9 Å². The molecule has 0 aliphatic heterocycles. The van der Waals surface area contributed by atoms with Crippen LogP contribution in [0.2, 0.25) is 0 Å². The second-order valence-electron chi connectivity index (χ2n) is 4.43. The number of aromatic nitrogens is 2. The number of carboxylic acid groups (broad SMARTS) is 1. The first kappa shape index (κ1) is 11.8. The highest BCUT2D eigenvalue weighted by Crippen LogP contribution is 2.31. The molecule has 1 aliphatic carbocycles. The van der Waals surface area contributed by atoms with E-state index in [0.29, 0.717) is 18.2 Å². The Kier molecular flexibility index (Phi) is 2.97. The molecule has 1 aliphatic rings. The molecule has 1 saturated carbocycles. The molecule has 0 radical (unpaired) electrons. The molecule has 0 amide bonds. The molecule has 1 aromatic rings. The zero-order valence-corrected chi connectivity index (χ0v) is 9.60. The monoisotopic (exact) mass is 237 g/mol. The van der Waals surface area contributed by atoms with Crippen LogP contribution < -0.4 is 5.32 Å². The van der Waals surface area contributed by atoms with Crippen molar-refractivity contribution in [3.63, 3.8) is 0 Å². The summed E-state index contributed by atoms with van der Waals surface area (Å²) in [5.74, 6) is -0.681. The Morgan fingerprint density at radius 3 is 2.76 bits per heavy atom. The third-order valence-corrected chi connectivity index (χ3v) is 3.07. The van der Waals surface area contributed by atoms with Gasteiger partial charge < -0.3 is 15.5 Å². The lowest BCUT2D eigenvalue weighted by Gasteiger charge is -2.36. The van der Waals surface area contributed by atoms with Crippen LogP contribution in [0.3, 0.4) is 0 Å². The normalized spacial score (nSPS) is 17.3. The van der Waals surface area contributed by atoms with Crippen molar-refractivity contribution in [3.05, 3.63) is 17.5 Å². The average molecular weight is 237 g/mol. The second-order valence-corrected chi connectivity index (χ2v) is 4.43. The Balaban J connectivity index is 2.02. The molecule has 2 rings (SSSR count). The fraction of sp³-hybridized carbons (Fsp3) is 0.545. The summed E-state index contributed by atoms with van der Waals surface area (Å²) >= 11 is 0. The van der Waals surface area contributed by atoms with Gasteiger partial charge in [0.15, 0.2) is 0 Å². The summed E-state index contributed by atoms with van der Waals surface area (Å²) in [7, 11) is 0. The summed E-state index contributed by atoms with van der Waals surface area (Å²) in [5, 5.41) is 21.6. The highest BCUT2D eigenvalue weighted by atomic mass is 16.4. The summed E-state index contributed by atoms with van der Waals surface area (Å²) in [6.45, 7) is 2.02. The predicted octanol–water partition coefficient (Wildman–Crippen LogP) is 0.810. The van der Waals surface area contributed by atoms with Gasteiger partial charge in [-0.3, -0.25) is 0 Å². The number of nitrogens with zero attached hydrogens (tertiary/aromatic N) is 2. The van der Waals surface area contributed by atoms with E-state index in [1.165, 1.54) is 6.20 Å². The van der Waals surface area contributed by atoms with Crippen molar-refractivity contribution >= 4 is 11.9 Å². The molecule has 0 atom stereocenters. The van der Waals surface area contributed by atoms with E-state index < -0.39 is 11.6 Å². The quantitative estimate of drug-likeness (QED) is 0.717. The van der Waals surface area contributed by atoms with Crippen LogP contribution in [-0.4, -0.2) is 38.3 Å². The number of aliphatic hydroxyl groups is 1. The highest BCUT2D eigenvalue weighted by molar-refractivity contribution is 5.88. The maximum Gasteiger partial charge on any atom is 0.339 e. The van der Waals surface area contributed by atoms with E-state index in [1.54, 1.807) is 6.92 Å². The molecule has 6 heteroatoms. The fourth-order valence-electron chi connectivity index (χ4n) is 1.77. The summed E-state index contributed by atoms with van der Waals surface area (Å²) in [5.41, 5.74) is -0.142. The minimum absolute atomic E-state index is 0.0953. The van der Waals surface area contributed by atoms with Crippen LogP contribution in [0.1, 0.15) is 35.3 Å². The van der Waals surface area contributed by atoms with Crippen molar-refractivity contribution in [2.45, 2.75) is 31.8 Å². The number of hydrogen-bond acceptors (Lipinski definition) is 5. The Morgan fingerprint density at radius 2 is 2.29 bits per heavy atom. The largest absolute Gasteiger partial charge is 0.478 e. The first-order valence-electron chi connectivity index (χ1n) is 5.53. The van der Waals surface area contributed by atoms with Crippen molar-refractivity contribution in [1.82, 2.24) is 9.97 Å². The van der Waals surface area contributed by atoms with Gasteiger partial charge in [-0.25, -0.2) is 14.8 Å². The first-order chi connectivity index (χ1) is 8.00. The van der Waals surface area contributed by atoms with E-state index in [-0.39, 0.29) is 5.56 Å². The summed E-state index contributed by atoms with van der Waals surface area (Å²) in [6.07, 6.45) is 3.88. The predicted molar refractivity (Wildman–Crippen MR) is 61.0 cm³/mol.